The second-order valence-electron chi connectivity index (χ2n) is 8.16. The monoisotopic (exact) mass is 447 g/mol. The van der Waals surface area contributed by atoms with E-state index in [1.807, 2.05) is 24.3 Å². The van der Waals surface area contributed by atoms with E-state index in [-0.39, 0.29) is 34.0 Å². The van der Waals surface area contributed by atoms with Crippen molar-refractivity contribution in [1.29, 1.82) is 0 Å². The number of nitrogens with zero attached hydrogens (tertiary/aromatic N) is 4. The van der Waals surface area contributed by atoms with E-state index in [0.29, 0.717) is 12.3 Å². The molecule has 0 aliphatic carbocycles. The molecule has 0 spiro atoms. The number of alkyl halides is 3. The number of hydrogen-bond donors (Lipinski definition) is 1. The zero-order chi connectivity index (χ0) is 22.3. The molecule has 1 aromatic heterocycles. The fourth-order valence-electron chi connectivity index (χ4n) is 4.63. The Bertz CT molecular complexity index is 1100. The van der Waals surface area contributed by atoms with Crippen molar-refractivity contribution in [2.24, 2.45) is 0 Å². The third-order valence-electron chi connectivity index (χ3n) is 6.21. The summed E-state index contributed by atoms with van der Waals surface area (Å²) in [6.45, 7) is 2.15. The van der Waals surface area contributed by atoms with Gasteiger partial charge in [-0.1, -0.05) is 29.1 Å². The highest BCUT2D eigenvalue weighted by atomic mass is 19.4. The van der Waals surface area contributed by atoms with Crippen LogP contribution in [-0.2, 0) is 11.0 Å². The quantitative estimate of drug-likeness (QED) is 0.654. The minimum absolute atomic E-state index is 0.0178. The number of anilines is 1. The molecule has 2 aliphatic heterocycles. The molecule has 3 atom stereocenters. The first-order valence-electron chi connectivity index (χ1n) is 10.6. The van der Waals surface area contributed by atoms with Gasteiger partial charge in [-0.25, -0.2) is 0 Å². The summed E-state index contributed by atoms with van der Waals surface area (Å²) >= 11 is 0. The molecule has 3 unspecified atom stereocenters. The molecular formula is C22H24F3N5O2. The molecule has 1 N–H and O–H groups in total. The van der Waals surface area contributed by atoms with Crippen molar-refractivity contribution >= 4 is 16.7 Å². The number of hydrogen-bond acceptors (Lipinski definition) is 6. The number of ether oxygens (including phenoxy) is 2. The van der Waals surface area contributed by atoms with Crippen LogP contribution in [-0.4, -0.2) is 58.8 Å². The van der Waals surface area contributed by atoms with Crippen LogP contribution in [0.25, 0.3) is 11.0 Å². The average molecular weight is 447 g/mol. The highest BCUT2D eigenvalue weighted by Gasteiger charge is 2.38. The molecule has 0 radical (unpaired) electrons. The van der Waals surface area contributed by atoms with E-state index in [1.54, 1.807) is 19.2 Å². The van der Waals surface area contributed by atoms with Crippen LogP contribution in [0.3, 0.4) is 0 Å². The molecule has 0 bridgehead atoms. The number of aromatic nitrogens is 3. The predicted molar refractivity (Wildman–Crippen MR) is 113 cm³/mol. The summed E-state index contributed by atoms with van der Waals surface area (Å²) in [7, 11) is 1.72. The van der Waals surface area contributed by atoms with Crippen LogP contribution in [0.4, 0.5) is 18.9 Å². The van der Waals surface area contributed by atoms with Crippen molar-refractivity contribution < 1.29 is 22.6 Å². The molecule has 3 heterocycles. The molecule has 7 nitrogen and oxygen atoms in total. The minimum atomic E-state index is -4.67. The molecule has 2 aliphatic rings. The first-order valence-corrected chi connectivity index (χ1v) is 10.6. The van der Waals surface area contributed by atoms with Crippen LogP contribution >= 0.6 is 0 Å². The largest absolute Gasteiger partial charge is 0.521 e. The summed E-state index contributed by atoms with van der Waals surface area (Å²) in [4.78, 5) is 2.16. The lowest BCUT2D eigenvalue weighted by Crippen LogP contribution is -2.53. The van der Waals surface area contributed by atoms with Gasteiger partial charge in [-0.2, -0.15) is 0 Å². The Balaban J connectivity index is 1.52. The van der Waals surface area contributed by atoms with E-state index in [9.17, 15) is 13.2 Å². The highest BCUT2D eigenvalue weighted by Crippen LogP contribution is 2.38. The molecule has 10 heteroatoms. The van der Waals surface area contributed by atoms with Crippen molar-refractivity contribution in [2.75, 3.05) is 32.1 Å². The summed E-state index contributed by atoms with van der Waals surface area (Å²) in [5.74, 6) is 0.771. The third kappa shape index (κ3) is 3.88. The van der Waals surface area contributed by atoms with Crippen molar-refractivity contribution in [3.63, 3.8) is 0 Å². The predicted octanol–water partition coefficient (Wildman–Crippen LogP) is 3.93. The van der Waals surface area contributed by atoms with Crippen molar-refractivity contribution in [3.05, 3.63) is 48.0 Å². The molecule has 32 heavy (non-hydrogen) atoms. The lowest BCUT2D eigenvalue weighted by atomic mass is 9.92. The molecule has 5 rings (SSSR count). The van der Waals surface area contributed by atoms with E-state index >= 15 is 0 Å². The Morgan fingerprint density at radius 2 is 1.97 bits per heavy atom. The number of fused-ring (bicyclic) bond motifs is 2. The van der Waals surface area contributed by atoms with Gasteiger partial charge < -0.3 is 14.8 Å². The lowest BCUT2D eigenvalue weighted by Gasteiger charge is -2.44. The Labute approximate surface area is 183 Å². The number of halogens is 3. The molecule has 0 amide bonds. The van der Waals surface area contributed by atoms with Gasteiger partial charge in [0.2, 0.25) is 0 Å². The van der Waals surface area contributed by atoms with Crippen molar-refractivity contribution in [3.8, 4) is 5.75 Å². The van der Waals surface area contributed by atoms with E-state index in [2.05, 4.69) is 20.4 Å². The van der Waals surface area contributed by atoms with E-state index in [0.717, 1.165) is 37.2 Å². The van der Waals surface area contributed by atoms with Gasteiger partial charge in [0.25, 0.3) is 0 Å². The number of likely N-dealkylation sites (tertiary alicyclic amines) is 1. The van der Waals surface area contributed by atoms with Gasteiger partial charge in [-0.15, -0.1) is 23.4 Å². The number of piperidine rings is 1. The van der Waals surface area contributed by atoms with Gasteiger partial charge in [0.15, 0.2) is 0 Å². The standard InChI is InChI=1S/C22H24F3N5O2/c1-31-14-6-5-11-29(12-14)18-13-32-19-10-3-2-7-15(19)20(18)26-16-8-4-9-17-21(16)28-30(27-17)22(23,24)25/h2-4,7-10,14,18,20,26H,5-6,11-13H2,1H3. The van der Waals surface area contributed by atoms with Gasteiger partial charge in [-0.3, -0.25) is 4.90 Å². The maximum Gasteiger partial charge on any atom is 0.521 e. The first-order chi connectivity index (χ1) is 15.4. The summed E-state index contributed by atoms with van der Waals surface area (Å²) in [6.07, 6.45) is -2.50. The normalized spacial score (nSPS) is 24.2. The number of para-hydroxylation sites is 1. The minimum Gasteiger partial charge on any atom is -0.491 e. The zero-order valence-electron chi connectivity index (χ0n) is 17.5. The molecule has 170 valence electrons. The van der Waals surface area contributed by atoms with Crippen molar-refractivity contribution in [1.82, 2.24) is 19.9 Å². The van der Waals surface area contributed by atoms with Gasteiger partial charge in [-0.05, 0) is 37.6 Å². The fourth-order valence-corrected chi connectivity index (χ4v) is 4.63. The van der Waals surface area contributed by atoms with E-state index in [4.69, 9.17) is 9.47 Å². The maximum atomic E-state index is 13.2. The molecule has 2 aromatic carbocycles. The van der Waals surface area contributed by atoms with Crippen LogP contribution in [0.2, 0.25) is 0 Å². The summed E-state index contributed by atoms with van der Waals surface area (Å²) < 4.78 is 51.2. The Kier molecular flexibility index (Phi) is 5.42. The van der Waals surface area contributed by atoms with Crippen molar-refractivity contribution in [2.45, 2.75) is 37.3 Å². The first kappa shape index (κ1) is 21.0. The summed E-state index contributed by atoms with van der Waals surface area (Å²) in [5, 5.41) is 10.8. The van der Waals surface area contributed by atoms with Gasteiger partial charge in [0.05, 0.1) is 23.9 Å². The number of methoxy groups -OCH3 is 1. The van der Waals surface area contributed by atoms with Crippen LogP contribution in [0.1, 0.15) is 24.4 Å². The fraction of sp³-hybridized carbons (Fsp3) is 0.455. The molecule has 1 saturated heterocycles. The third-order valence-corrected chi connectivity index (χ3v) is 6.21. The molecular weight excluding hydrogens is 423 g/mol. The molecule has 1 fully saturated rings. The zero-order valence-corrected chi connectivity index (χ0v) is 17.5. The maximum absolute atomic E-state index is 13.2. The van der Waals surface area contributed by atoms with Crippen LogP contribution in [0.15, 0.2) is 42.5 Å². The Morgan fingerprint density at radius 3 is 2.78 bits per heavy atom. The summed E-state index contributed by atoms with van der Waals surface area (Å²) in [6, 6.07) is 12.5. The number of nitrogens with one attached hydrogen (secondary N) is 1. The van der Waals surface area contributed by atoms with Gasteiger partial charge >= 0.3 is 6.30 Å². The second-order valence-corrected chi connectivity index (χ2v) is 8.16. The average Bonchev–Trinajstić information content (AvgIpc) is 3.25. The topological polar surface area (TPSA) is 64.4 Å². The number of rotatable bonds is 4. The smallest absolute Gasteiger partial charge is 0.491 e. The number of benzene rings is 2. The van der Waals surface area contributed by atoms with Crippen LogP contribution in [0.5, 0.6) is 5.75 Å². The van der Waals surface area contributed by atoms with Crippen LogP contribution < -0.4 is 10.1 Å². The van der Waals surface area contributed by atoms with Gasteiger partial charge in [0, 0.05) is 19.2 Å². The summed E-state index contributed by atoms with van der Waals surface area (Å²) in [5.41, 5.74) is 1.83. The molecule has 3 aromatic rings. The SMILES string of the molecule is COC1CCCN(C2COc3ccccc3C2Nc2cccc3nn(C(F)(F)F)nc23)C1. The van der Waals surface area contributed by atoms with E-state index < -0.39 is 6.30 Å². The Hall–Kier alpha value is -2.85. The van der Waals surface area contributed by atoms with E-state index in [1.165, 1.54) is 6.07 Å². The lowest BCUT2D eigenvalue weighted by molar-refractivity contribution is -0.220. The Morgan fingerprint density at radius 1 is 1.12 bits per heavy atom. The van der Waals surface area contributed by atoms with Crippen LogP contribution in [0, 0.1) is 0 Å². The molecule has 0 saturated carbocycles. The highest BCUT2D eigenvalue weighted by molar-refractivity contribution is 5.87. The van der Waals surface area contributed by atoms with Gasteiger partial charge in [0.1, 0.15) is 23.4 Å². The second kappa shape index (κ2) is 8.25.